The lowest BCUT2D eigenvalue weighted by atomic mass is 10.1. The Kier molecular flexibility index (Phi) is 5.74. The number of nitrogens with zero attached hydrogens (tertiary/aromatic N) is 3. The summed E-state index contributed by atoms with van der Waals surface area (Å²) < 4.78 is 19.4. The van der Waals surface area contributed by atoms with Crippen molar-refractivity contribution < 1.29 is 13.9 Å². The van der Waals surface area contributed by atoms with Gasteiger partial charge in [0.15, 0.2) is 5.82 Å². The van der Waals surface area contributed by atoms with Crippen molar-refractivity contribution in [3.8, 4) is 11.3 Å². The number of aromatic nitrogens is 2. The van der Waals surface area contributed by atoms with Crippen LogP contribution in [0.4, 0.5) is 14.9 Å². The lowest BCUT2D eigenvalue weighted by Gasteiger charge is -2.27. The molecule has 0 atom stereocenters. The monoisotopic (exact) mass is 363 g/mol. The SMILES string of the molecule is C=CCN(C(=O)OC(C)(C)C)c1cccc(-c2nc(Cl)ncc2F)c1. The summed E-state index contributed by atoms with van der Waals surface area (Å²) in [7, 11) is 0. The van der Waals surface area contributed by atoms with E-state index in [4.69, 9.17) is 16.3 Å². The molecule has 0 radical (unpaired) electrons. The summed E-state index contributed by atoms with van der Waals surface area (Å²) in [5.74, 6) is -0.603. The Balaban J connectivity index is 2.42. The molecule has 1 aromatic heterocycles. The minimum atomic E-state index is -0.638. The summed E-state index contributed by atoms with van der Waals surface area (Å²) in [5.41, 5.74) is 0.419. The number of hydrogen-bond donors (Lipinski definition) is 0. The minimum absolute atomic E-state index is 0.0584. The molecule has 5 nitrogen and oxygen atoms in total. The number of carbonyl (C=O) groups is 1. The fourth-order valence-corrected chi connectivity index (χ4v) is 2.23. The number of carbonyl (C=O) groups excluding carboxylic acids is 1. The summed E-state index contributed by atoms with van der Waals surface area (Å²) >= 11 is 5.76. The van der Waals surface area contributed by atoms with Gasteiger partial charge in [-0.05, 0) is 44.5 Å². The van der Waals surface area contributed by atoms with Gasteiger partial charge in [-0.15, -0.1) is 6.58 Å². The number of ether oxygens (including phenoxy) is 1. The van der Waals surface area contributed by atoms with Gasteiger partial charge in [0, 0.05) is 17.8 Å². The van der Waals surface area contributed by atoms with Crippen molar-refractivity contribution in [1.82, 2.24) is 9.97 Å². The first-order valence-electron chi connectivity index (χ1n) is 7.61. The number of hydrogen-bond acceptors (Lipinski definition) is 4. The molecule has 1 heterocycles. The van der Waals surface area contributed by atoms with Crippen LogP contribution in [-0.4, -0.2) is 28.2 Å². The van der Waals surface area contributed by atoms with Gasteiger partial charge in [-0.25, -0.2) is 19.2 Å². The molecule has 0 aliphatic carbocycles. The lowest BCUT2D eigenvalue weighted by Crippen LogP contribution is -2.37. The van der Waals surface area contributed by atoms with Crippen molar-refractivity contribution >= 4 is 23.4 Å². The van der Waals surface area contributed by atoms with Crippen LogP contribution in [0.3, 0.4) is 0 Å². The summed E-state index contributed by atoms with van der Waals surface area (Å²) in [4.78, 5) is 21.4. The first kappa shape index (κ1) is 18.9. The number of halogens is 2. The fraction of sp³-hybridized carbons (Fsp3) is 0.278. The first-order chi connectivity index (χ1) is 11.7. The van der Waals surface area contributed by atoms with Crippen molar-refractivity contribution in [2.75, 3.05) is 11.4 Å². The summed E-state index contributed by atoms with van der Waals surface area (Å²) in [6.45, 7) is 9.26. The molecule has 0 bridgehead atoms. The van der Waals surface area contributed by atoms with E-state index in [1.165, 1.54) is 4.90 Å². The van der Waals surface area contributed by atoms with Gasteiger partial charge in [-0.1, -0.05) is 18.2 Å². The van der Waals surface area contributed by atoms with Crippen LogP contribution in [0.15, 0.2) is 43.1 Å². The zero-order valence-corrected chi connectivity index (χ0v) is 15.0. The highest BCUT2D eigenvalue weighted by Crippen LogP contribution is 2.27. The number of benzene rings is 1. The molecule has 2 aromatic rings. The van der Waals surface area contributed by atoms with Crippen LogP contribution < -0.4 is 4.90 Å². The molecule has 0 aliphatic heterocycles. The topological polar surface area (TPSA) is 55.3 Å². The normalized spacial score (nSPS) is 11.1. The Labute approximate surface area is 151 Å². The van der Waals surface area contributed by atoms with Gasteiger partial charge < -0.3 is 4.74 Å². The van der Waals surface area contributed by atoms with Crippen LogP contribution in [0.5, 0.6) is 0 Å². The number of amides is 1. The van der Waals surface area contributed by atoms with Crippen molar-refractivity contribution in [1.29, 1.82) is 0 Å². The van der Waals surface area contributed by atoms with Gasteiger partial charge >= 0.3 is 6.09 Å². The molecule has 0 aliphatic rings. The highest BCUT2D eigenvalue weighted by atomic mass is 35.5. The van der Waals surface area contributed by atoms with Crippen LogP contribution in [-0.2, 0) is 4.74 Å². The highest BCUT2D eigenvalue weighted by molar-refractivity contribution is 6.28. The largest absolute Gasteiger partial charge is 0.443 e. The third-order valence-corrected chi connectivity index (χ3v) is 3.25. The van der Waals surface area contributed by atoms with E-state index in [-0.39, 0.29) is 17.5 Å². The maximum atomic E-state index is 14.0. The van der Waals surface area contributed by atoms with Crippen molar-refractivity contribution in [3.05, 3.63) is 54.2 Å². The van der Waals surface area contributed by atoms with Gasteiger partial charge in [0.05, 0.1) is 6.20 Å². The van der Waals surface area contributed by atoms with Gasteiger partial charge in [-0.3, -0.25) is 4.90 Å². The molecule has 0 saturated heterocycles. The van der Waals surface area contributed by atoms with Crippen LogP contribution in [0.25, 0.3) is 11.3 Å². The molecule has 2 rings (SSSR count). The Morgan fingerprint density at radius 2 is 2.16 bits per heavy atom. The standard InChI is InChI=1S/C18H19ClFN3O2/c1-5-9-23(17(24)25-18(2,3)4)13-8-6-7-12(10-13)15-14(20)11-21-16(19)22-15/h5-8,10-11H,1,9H2,2-4H3. The maximum absolute atomic E-state index is 14.0. The number of anilines is 1. The lowest BCUT2D eigenvalue weighted by molar-refractivity contribution is 0.0584. The predicted molar refractivity (Wildman–Crippen MR) is 96.2 cm³/mol. The average Bonchev–Trinajstić information content (AvgIpc) is 2.53. The summed E-state index contributed by atoms with van der Waals surface area (Å²) in [6, 6.07) is 6.72. The molecular weight excluding hydrogens is 345 g/mol. The van der Waals surface area contributed by atoms with Crippen LogP contribution in [0.1, 0.15) is 20.8 Å². The zero-order chi connectivity index (χ0) is 18.6. The quantitative estimate of drug-likeness (QED) is 0.574. The maximum Gasteiger partial charge on any atom is 0.415 e. The van der Waals surface area contributed by atoms with E-state index < -0.39 is 17.5 Å². The van der Waals surface area contributed by atoms with Crippen LogP contribution in [0.2, 0.25) is 5.28 Å². The molecule has 7 heteroatoms. The van der Waals surface area contributed by atoms with E-state index in [1.807, 2.05) is 0 Å². The fourth-order valence-electron chi connectivity index (χ4n) is 2.10. The van der Waals surface area contributed by atoms with Crippen molar-refractivity contribution in [3.63, 3.8) is 0 Å². The first-order valence-corrected chi connectivity index (χ1v) is 7.99. The van der Waals surface area contributed by atoms with E-state index in [2.05, 4.69) is 16.5 Å². The molecule has 132 valence electrons. The van der Waals surface area contributed by atoms with Crippen LogP contribution in [0, 0.1) is 5.82 Å². The van der Waals surface area contributed by atoms with Crippen molar-refractivity contribution in [2.45, 2.75) is 26.4 Å². The van der Waals surface area contributed by atoms with E-state index in [9.17, 15) is 9.18 Å². The van der Waals surface area contributed by atoms with E-state index in [1.54, 1.807) is 51.1 Å². The number of rotatable bonds is 4. The van der Waals surface area contributed by atoms with E-state index in [0.717, 1.165) is 6.20 Å². The Morgan fingerprint density at radius 3 is 2.80 bits per heavy atom. The van der Waals surface area contributed by atoms with E-state index in [0.29, 0.717) is 11.3 Å². The predicted octanol–water partition coefficient (Wildman–Crippen LogP) is 4.86. The van der Waals surface area contributed by atoms with Gasteiger partial charge in [-0.2, -0.15) is 0 Å². The summed E-state index contributed by atoms with van der Waals surface area (Å²) in [5, 5.41) is -0.0584. The van der Waals surface area contributed by atoms with Crippen LogP contribution >= 0.6 is 11.6 Å². The third-order valence-electron chi connectivity index (χ3n) is 3.07. The summed E-state index contributed by atoms with van der Waals surface area (Å²) in [6.07, 6.45) is 2.07. The minimum Gasteiger partial charge on any atom is -0.443 e. The van der Waals surface area contributed by atoms with Gasteiger partial charge in [0.2, 0.25) is 5.28 Å². The zero-order valence-electron chi connectivity index (χ0n) is 14.3. The second kappa shape index (κ2) is 7.61. The molecule has 1 aromatic carbocycles. The second-order valence-corrected chi connectivity index (χ2v) is 6.60. The molecule has 0 unspecified atom stereocenters. The molecular formula is C18H19ClFN3O2. The van der Waals surface area contributed by atoms with Gasteiger partial charge in [0.25, 0.3) is 0 Å². The highest BCUT2D eigenvalue weighted by Gasteiger charge is 2.23. The second-order valence-electron chi connectivity index (χ2n) is 6.27. The van der Waals surface area contributed by atoms with Gasteiger partial charge in [0.1, 0.15) is 11.3 Å². The molecule has 0 fully saturated rings. The molecule has 0 N–H and O–H groups in total. The third kappa shape index (κ3) is 5.00. The Hall–Kier alpha value is -2.47. The van der Waals surface area contributed by atoms with E-state index >= 15 is 0 Å². The molecule has 25 heavy (non-hydrogen) atoms. The molecule has 1 amide bonds. The Morgan fingerprint density at radius 1 is 1.44 bits per heavy atom. The smallest absolute Gasteiger partial charge is 0.415 e. The Bertz CT molecular complexity index is 790. The molecule has 0 saturated carbocycles. The molecule has 0 spiro atoms. The van der Waals surface area contributed by atoms with Crippen molar-refractivity contribution in [2.24, 2.45) is 0 Å². The average molecular weight is 364 g/mol.